The number of rotatable bonds is 5. The van der Waals surface area contributed by atoms with E-state index in [1.54, 1.807) is 12.1 Å². The van der Waals surface area contributed by atoms with Crippen molar-refractivity contribution in [3.05, 3.63) is 51.8 Å². The fraction of sp³-hybridized carbons (Fsp3) is 0.286. The van der Waals surface area contributed by atoms with Crippen LogP contribution >= 0.6 is 0 Å². The van der Waals surface area contributed by atoms with Crippen molar-refractivity contribution in [3.63, 3.8) is 0 Å². The van der Waals surface area contributed by atoms with E-state index in [1.807, 2.05) is 0 Å². The molecule has 4 rings (SSSR count). The highest BCUT2D eigenvalue weighted by atomic mass is 16.4. The molecule has 0 saturated heterocycles. The molecule has 2 aliphatic rings. The minimum Gasteiger partial charge on any atom is -0.481 e. The minimum absolute atomic E-state index is 0.0203. The summed E-state index contributed by atoms with van der Waals surface area (Å²) in [6.45, 7) is 0. The highest BCUT2D eigenvalue weighted by Gasteiger charge is 2.27. The smallest absolute Gasteiger partial charge is 0.335 e. The largest absolute Gasteiger partial charge is 0.481 e. The zero-order valence-electron chi connectivity index (χ0n) is 15.2. The Bertz CT molecular complexity index is 1030. The highest BCUT2D eigenvalue weighted by molar-refractivity contribution is 6.35. The molecular formula is C21H20N2O5. The van der Waals surface area contributed by atoms with Crippen molar-refractivity contribution in [3.8, 4) is 0 Å². The van der Waals surface area contributed by atoms with Crippen molar-refractivity contribution >= 4 is 35.2 Å². The predicted octanol–water partition coefficient (Wildman–Crippen LogP) is 3.10. The third-order valence-corrected chi connectivity index (χ3v) is 5.37. The van der Waals surface area contributed by atoms with E-state index in [0.29, 0.717) is 23.2 Å². The highest BCUT2D eigenvalue weighted by Crippen LogP contribution is 2.36. The number of aryl methyl sites for hydroxylation is 1. The Kier molecular flexibility index (Phi) is 4.50. The Morgan fingerprint density at radius 3 is 2.68 bits per heavy atom. The van der Waals surface area contributed by atoms with Crippen molar-refractivity contribution in [1.82, 2.24) is 4.98 Å². The van der Waals surface area contributed by atoms with Crippen LogP contribution in [0.1, 0.15) is 57.7 Å². The number of amides is 1. The molecule has 0 radical (unpaired) electrons. The number of benzene rings is 1. The maximum Gasteiger partial charge on any atom is 0.335 e. The number of hydrogen-bond acceptors (Lipinski definition) is 3. The third kappa shape index (κ3) is 3.19. The summed E-state index contributed by atoms with van der Waals surface area (Å²) >= 11 is 0. The number of carboxylic acids is 2. The summed E-state index contributed by atoms with van der Waals surface area (Å²) < 4.78 is 0. The van der Waals surface area contributed by atoms with Crippen LogP contribution in [-0.2, 0) is 28.9 Å². The second-order valence-corrected chi connectivity index (χ2v) is 7.15. The van der Waals surface area contributed by atoms with Gasteiger partial charge in [0.2, 0.25) is 0 Å². The summed E-state index contributed by atoms with van der Waals surface area (Å²) in [5, 5.41) is 21.1. The third-order valence-electron chi connectivity index (χ3n) is 5.37. The number of aromatic amines is 1. The molecule has 0 bridgehead atoms. The maximum absolute atomic E-state index is 12.5. The van der Waals surface area contributed by atoms with Crippen LogP contribution in [0.5, 0.6) is 0 Å². The number of anilines is 1. The van der Waals surface area contributed by atoms with Crippen molar-refractivity contribution in [2.75, 3.05) is 5.32 Å². The molecule has 7 nitrogen and oxygen atoms in total. The van der Waals surface area contributed by atoms with Gasteiger partial charge in [0.1, 0.15) is 0 Å². The number of carbonyl (C=O) groups excluding carboxylic acids is 1. The molecule has 2 heterocycles. The number of hydrogen-bond donors (Lipinski definition) is 4. The van der Waals surface area contributed by atoms with Gasteiger partial charge in [-0.2, -0.15) is 0 Å². The first kappa shape index (κ1) is 18.0. The van der Waals surface area contributed by atoms with Crippen LogP contribution in [0.3, 0.4) is 0 Å². The van der Waals surface area contributed by atoms with Gasteiger partial charge in [-0.25, -0.2) is 4.79 Å². The second-order valence-electron chi connectivity index (χ2n) is 7.15. The molecule has 0 fully saturated rings. The SMILES string of the molecule is O=C(O)CCc1c(/C=C2/C(=O)Nc3ccc(C(=O)O)cc32)[nH]c2c1CCCC2. The van der Waals surface area contributed by atoms with E-state index in [2.05, 4.69) is 10.3 Å². The molecule has 2 aromatic rings. The number of aromatic nitrogens is 1. The normalized spacial score (nSPS) is 16.6. The molecule has 0 atom stereocenters. The van der Waals surface area contributed by atoms with E-state index < -0.39 is 11.9 Å². The number of H-pyrrole nitrogens is 1. The van der Waals surface area contributed by atoms with Gasteiger partial charge in [0.15, 0.2) is 0 Å². The number of aromatic carboxylic acids is 1. The molecule has 28 heavy (non-hydrogen) atoms. The zero-order chi connectivity index (χ0) is 19.8. The van der Waals surface area contributed by atoms with E-state index >= 15 is 0 Å². The molecule has 0 spiro atoms. The summed E-state index contributed by atoms with van der Waals surface area (Å²) in [7, 11) is 0. The predicted molar refractivity (Wildman–Crippen MR) is 103 cm³/mol. The minimum atomic E-state index is -1.06. The Hall–Kier alpha value is -3.35. The maximum atomic E-state index is 12.5. The average Bonchev–Trinajstić information content (AvgIpc) is 3.17. The molecule has 1 aromatic heterocycles. The summed E-state index contributed by atoms with van der Waals surface area (Å²) in [4.78, 5) is 38.3. The summed E-state index contributed by atoms with van der Waals surface area (Å²) in [6.07, 6.45) is 6.08. The van der Waals surface area contributed by atoms with E-state index in [-0.39, 0.29) is 17.9 Å². The van der Waals surface area contributed by atoms with E-state index in [4.69, 9.17) is 5.11 Å². The lowest BCUT2D eigenvalue weighted by Crippen LogP contribution is -2.05. The van der Waals surface area contributed by atoms with Crippen LogP contribution in [-0.4, -0.2) is 33.0 Å². The first-order valence-corrected chi connectivity index (χ1v) is 9.29. The van der Waals surface area contributed by atoms with Crippen LogP contribution in [0.4, 0.5) is 5.69 Å². The molecule has 1 aliphatic heterocycles. The van der Waals surface area contributed by atoms with Gasteiger partial charge in [-0.1, -0.05) is 0 Å². The molecule has 4 N–H and O–H groups in total. The monoisotopic (exact) mass is 380 g/mol. The Balaban J connectivity index is 1.80. The quantitative estimate of drug-likeness (QED) is 0.594. The molecule has 144 valence electrons. The van der Waals surface area contributed by atoms with Gasteiger partial charge in [0.05, 0.1) is 11.1 Å². The topological polar surface area (TPSA) is 119 Å². The van der Waals surface area contributed by atoms with Gasteiger partial charge in [0.25, 0.3) is 5.91 Å². The lowest BCUT2D eigenvalue weighted by Gasteiger charge is -2.12. The second kappa shape index (κ2) is 6.99. The van der Waals surface area contributed by atoms with Crippen LogP contribution in [0.25, 0.3) is 11.6 Å². The van der Waals surface area contributed by atoms with Gasteiger partial charge in [-0.3, -0.25) is 9.59 Å². The molecule has 1 aromatic carbocycles. The summed E-state index contributed by atoms with van der Waals surface area (Å²) in [5.74, 6) is -2.22. The first-order valence-electron chi connectivity index (χ1n) is 9.29. The van der Waals surface area contributed by atoms with Gasteiger partial charge in [-0.05, 0) is 67.5 Å². The summed E-state index contributed by atoms with van der Waals surface area (Å²) in [5.41, 5.74) is 5.57. The van der Waals surface area contributed by atoms with Crippen LogP contribution in [0.15, 0.2) is 18.2 Å². The fourth-order valence-corrected chi connectivity index (χ4v) is 4.03. The van der Waals surface area contributed by atoms with Crippen molar-refractivity contribution in [2.24, 2.45) is 0 Å². The van der Waals surface area contributed by atoms with E-state index in [0.717, 1.165) is 48.2 Å². The number of carbonyl (C=O) groups is 3. The number of fused-ring (bicyclic) bond motifs is 2. The van der Waals surface area contributed by atoms with E-state index in [1.165, 1.54) is 12.1 Å². The number of aliphatic carboxylic acids is 1. The molecular weight excluding hydrogens is 360 g/mol. The van der Waals surface area contributed by atoms with Gasteiger partial charge >= 0.3 is 11.9 Å². The van der Waals surface area contributed by atoms with Gasteiger partial charge < -0.3 is 20.5 Å². The first-order chi connectivity index (χ1) is 13.4. The summed E-state index contributed by atoms with van der Waals surface area (Å²) in [6, 6.07) is 4.53. The number of nitrogens with one attached hydrogen (secondary N) is 2. The van der Waals surface area contributed by atoms with Crippen LogP contribution in [0.2, 0.25) is 0 Å². The van der Waals surface area contributed by atoms with Crippen LogP contribution in [0, 0.1) is 0 Å². The fourth-order valence-electron chi connectivity index (χ4n) is 4.03. The lowest BCUT2D eigenvalue weighted by atomic mass is 9.92. The van der Waals surface area contributed by atoms with Crippen molar-refractivity contribution in [2.45, 2.75) is 38.5 Å². The van der Waals surface area contributed by atoms with Crippen molar-refractivity contribution < 1.29 is 24.6 Å². The molecule has 0 saturated carbocycles. The van der Waals surface area contributed by atoms with Crippen LogP contribution < -0.4 is 5.32 Å². The Morgan fingerprint density at radius 1 is 1.14 bits per heavy atom. The molecule has 1 aliphatic carbocycles. The molecule has 1 amide bonds. The van der Waals surface area contributed by atoms with Gasteiger partial charge in [0, 0.05) is 29.1 Å². The Labute approximate surface area is 161 Å². The standard InChI is InChI=1S/C21H20N2O5/c24-19(25)8-6-13-12-3-1-2-4-16(12)22-18(13)10-15-14-9-11(21(27)28)5-7-17(14)23-20(15)26/h5,7,9-10,22H,1-4,6,8H2,(H,23,26)(H,24,25)(H,27,28)/b15-10+. The molecule has 0 unspecified atom stereocenters. The molecule has 7 heteroatoms. The van der Waals surface area contributed by atoms with Gasteiger partial charge in [-0.15, -0.1) is 0 Å². The lowest BCUT2D eigenvalue weighted by molar-refractivity contribution is -0.137. The zero-order valence-corrected chi connectivity index (χ0v) is 15.2. The van der Waals surface area contributed by atoms with Crippen molar-refractivity contribution in [1.29, 1.82) is 0 Å². The van der Waals surface area contributed by atoms with E-state index in [9.17, 15) is 19.5 Å². The average molecular weight is 380 g/mol. The number of carboxylic acid groups (broad SMARTS) is 2. The Morgan fingerprint density at radius 2 is 1.93 bits per heavy atom.